The van der Waals surface area contributed by atoms with Crippen molar-refractivity contribution >= 4 is 50.4 Å². The van der Waals surface area contributed by atoms with Gasteiger partial charge in [-0.2, -0.15) is 0 Å². The van der Waals surface area contributed by atoms with E-state index in [0.717, 1.165) is 32.4 Å². The minimum Gasteiger partial charge on any atom is -0.479 e. The van der Waals surface area contributed by atoms with Gasteiger partial charge in [0.1, 0.15) is 0 Å². The fourth-order valence-corrected chi connectivity index (χ4v) is 8.38. The van der Waals surface area contributed by atoms with Gasteiger partial charge in [-0.25, -0.2) is 9.59 Å². The van der Waals surface area contributed by atoms with Gasteiger partial charge in [-0.15, -0.1) is 22.7 Å². The monoisotopic (exact) mass is 543 g/mol. The smallest absolute Gasteiger partial charge is 0.351 e. The van der Waals surface area contributed by atoms with Gasteiger partial charge in [0.15, 0.2) is 17.2 Å². The molecule has 0 radical (unpaired) electrons. The normalized spacial score (nSPS) is 17.4. The van der Waals surface area contributed by atoms with Crippen LogP contribution in [0.15, 0.2) is 17.5 Å². The third-order valence-corrected chi connectivity index (χ3v) is 10.1. The predicted octanol–water partition coefficient (Wildman–Crippen LogP) is 7.74. The summed E-state index contributed by atoms with van der Waals surface area (Å²) in [5, 5.41) is 7.07. The van der Waals surface area contributed by atoms with Crippen LogP contribution < -0.4 is 10.1 Å². The van der Waals surface area contributed by atoms with Crippen molar-refractivity contribution in [3.8, 4) is 16.2 Å². The predicted molar refractivity (Wildman–Crippen MR) is 150 cm³/mol. The Morgan fingerprint density at radius 3 is 2.32 bits per heavy atom. The molecule has 1 aliphatic heterocycles. The summed E-state index contributed by atoms with van der Waals surface area (Å²) in [4.78, 5) is 25.9. The fourth-order valence-electron chi connectivity index (χ4n) is 6.23. The molecule has 1 aromatic rings. The fraction of sp³-hybridized carbons (Fsp3) is 0.586. The average Bonchev–Trinajstić information content (AvgIpc) is 3.47. The summed E-state index contributed by atoms with van der Waals surface area (Å²) in [6.07, 6.45) is 13.5. The summed E-state index contributed by atoms with van der Waals surface area (Å²) < 4.78 is 16.8. The number of hydrogen-bond donors (Lipinski definition) is 1. The Morgan fingerprint density at radius 1 is 1.03 bits per heavy atom. The van der Waals surface area contributed by atoms with Crippen molar-refractivity contribution in [3.05, 3.63) is 22.4 Å². The Morgan fingerprint density at radius 2 is 1.70 bits per heavy atom. The maximum Gasteiger partial charge on any atom is 0.351 e. The van der Waals surface area contributed by atoms with E-state index in [1.165, 1.54) is 88.3 Å². The van der Waals surface area contributed by atoms with Gasteiger partial charge in [0.2, 0.25) is 0 Å². The summed E-state index contributed by atoms with van der Waals surface area (Å²) in [5.74, 6) is 1.01. The van der Waals surface area contributed by atoms with Crippen LogP contribution in [0.4, 0.5) is 5.69 Å². The van der Waals surface area contributed by atoms with E-state index in [1.54, 1.807) is 18.3 Å². The number of thiophene rings is 1. The number of nitrogens with one attached hydrogen (secondary N) is 1. The first-order valence-corrected chi connectivity index (χ1v) is 15.4. The molecule has 6 nitrogen and oxygen atoms in total. The Bertz CT molecular complexity index is 1170. The molecule has 1 aromatic heterocycles. The maximum absolute atomic E-state index is 12.5. The molecule has 0 atom stereocenters. The van der Waals surface area contributed by atoms with Gasteiger partial charge in [0.25, 0.3) is 0 Å². The molecule has 1 N–H and O–H groups in total. The summed E-state index contributed by atoms with van der Waals surface area (Å²) >= 11 is 3.01. The molecule has 0 unspecified atom stereocenters. The van der Waals surface area contributed by atoms with E-state index in [0.29, 0.717) is 16.7 Å². The lowest BCUT2D eigenvalue weighted by Crippen LogP contribution is -2.38. The van der Waals surface area contributed by atoms with E-state index in [1.807, 2.05) is 0 Å². The van der Waals surface area contributed by atoms with Crippen LogP contribution in [-0.2, 0) is 14.3 Å². The van der Waals surface area contributed by atoms with Crippen molar-refractivity contribution in [2.75, 3.05) is 25.6 Å². The largest absolute Gasteiger partial charge is 0.479 e. The van der Waals surface area contributed by atoms with Gasteiger partial charge in [0.05, 0.1) is 19.1 Å². The summed E-state index contributed by atoms with van der Waals surface area (Å²) in [6, 6.07) is 4.90. The number of carbonyl (C=O) groups is 2. The maximum atomic E-state index is 12.5. The molecule has 0 spiro atoms. The highest BCUT2D eigenvalue weighted by Gasteiger charge is 2.32. The minimum atomic E-state index is -0.459. The zero-order valence-corrected chi connectivity index (χ0v) is 23.4. The molecule has 0 bridgehead atoms. The zero-order valence-electron chi connectivity index (χ0n) is 21.8. The van der Waals surface area contributed by atoms with Crippen LogP contribution in [0.1, 0.15) is 80.8 Å². The van der Waals surface area contributed by atoms with E-state index < -0.39 is 11.9 Å². The molecule has 2 saturated carbocycles. The van der Waals surface area contributed by atoms with Crippen LogP contribution in [0.5, 0.6) is 5.75 Å². The number of esters is 2. The number of carbonyl (C=O) groups excluding carboxylic acids is 2. The van der Waals surface area contributed by atoms with E-state index in [-0.39, 0.29) is 13.2 Å². The summed E-state index contributed by atoms with van der Waals surface area (Å²) in [7, 11) is 1.36. The second-order valence-corrected chi connectivity index (χ2v) is 12.2. The molecule has 200 valence electrons. The number of anilines is 1. The van der Waals surface area contributed by atoms with E-state index in [4.69, 9.17) is 14.2 Å². The quantitative estimate of drug-likeness (QED) is 0.278. The first kappa shape index (κ1) is 26.3. The lowest BCUT2D eigenvalue weighted by molar-refractivity contribution is -0.145. The first-order chi connectivity index (χ1) is 18.1. The van der Waals surface area contributed by atoms with Gasteiger partial charge < -0.3 is 19.5 Å². The molecular formula is C29H37NO5S2. The van der Waals surface area contributed by atoms with Crippen LogP contribution >= 0.6 is 22.7 Å². The van der Waals surface area contributed by atoms with Crippen LogP contribution in [0.2, 0.25) is 0 Å². The minimum absolute atomic E-state index is 0.245. The van der Waals surface area contributed by atoms with Crippen molar-refractivity contribution in [1.29, 1.82) is 0 Å². The first-order valence-electron chi connectivity index (χ1n) is 13.7. The molecule has 3 aliphatic carbocycles. The summed E-state index contributed by atoms with van der Waals surface area (Å²) in [6.45, 7) is 1.79. The second kappa shape index (κ2) is 12.0. The number of ether oxygens (including phenoxy) is 3. The van der Waals surface area contributed by atoms with Crippen molar-refractivity contribution in [1.82, 2.24) is 0 Å². The number of methoxy groups -OCH3 is 1. The van der Waals surface area contributed by atoms with Gasteiger partial charge in [0, 0.05) is 26.7 Å². The topological polar surface area (TPSA) is 73.9 Å². The highest BCUT2D eigenvalue weighted by molar-refractivity contribution is 7.22. The van der Waals surface area contributed by atoms with Gasteiger partial charge in [-0.3, -0.25) is 0 Å². The summed E-state index contributed by atoms with van der Waals surface area (Å²) in [5.41, 5.74) is 2.30. The third-order valence-electron chi connectivity index (χ3n) is 7.94. The molecule has 4 aliphatic rings. The van der Waals surface area contributed by atoms with E-state index >= 15 is 0 Å². The molecule has 2 fully saturated rings. The Hall–Kier alpha value is -2.32. The third kappa shape index (κ3) is 5.75. The molecule has 8 heteroatoms. The molecule has 37 heavy (non-hydrogen) atoms. The van der Waals surface area contributed by atoms with Crippen LogP contribution in [0, 0.1) is 11.8 Å². The molecule has 2 heterocycles. The van der Waals surface area contributed by atoms with Gasteiger partial charge in [-0.05, 0) is 62.1 Å². The number of fused-ring (bicyclic) bond motifs is 3. The Balaban J connectivity index is 1.45. The Kier molecular flexibility index (Phi) is 8.55. The lowest BCUT2D eigenvalue weighted by atomic mass is 9.73. The zero-order chi connectivity index (χ0) is 25.8. The van der Waals surface area contributed by atoms with Crippen LogP contribution in [0.25, 0.3) is 20.5 Å². The van der Waals surface area contributed by atoms with E-state index in [2.05, 4.69) is 22.8 Å². The molecule has 0 amide bonds. The molecular weight excluding hydrogens is 506 g/mol. The van der Waals surface area contributed by atoms with Gasteiger partial charge >= 0.3 is 11.9 Å². The number of hydrogen-bond acceptors (Lipinski definition) is 8. The van der Waals surface area contributed by atoms with Crippen molar-refractivity contribution in [2.24, 2.45) is 11.8 Å². The highest BCUT2D eigenvalue weighted by Crippen LogP contribution is 2.50. The lowest BCUT2D eigenvalue weighted by Gasteiger charge is -2.39. The van der Waals surface area contributed by atoms with Crippen LogP contribution in [-0.4, -0.2) is 38.3 Å². The van der Waals surface area contributed by atoms with Crippen molar-refractivity contribution < 1.29 is 23.8 Å². The molecule has 0 saturated heterocycles. The van der Waals surface area contributed by atoms with E-state index in [9.17, 15) is 9.59 Å². The molecule has 5 rings (SSSR count). The SMILES string of the molecule is CCOC(=O)COc1c(C(=O)OC)sc2cc3cc(NC(C4CCCCC4)C4CCCCC4)csc-3c12. The highest BCUT2D eigenvalue weighted by atomic mass is 32.1. The van der Waals surface area contributed by atoms with Crippen molar-refractivity contribution in [2.45, 2.75) is 77.2 Å². The van der Waals surface area contributed by atoms with Crippen molar-refractivity contribution in [3.63, 3.8) is 0 Å². The molecule has 0 aromatic carbocycles. The van der Waals surface area contributed by atoms with Crippen LogP contribution in [0.3, 0.4) is 0 Å². The van der Waals surface area contributed by atoms with Gasteiger partial charge in [-0.1, -0.05) is 38.5 Å². The Labute approximate surface area is 227 Å². The standard InChI is InChI=1S/C29H37NO5S2/c1-3-34-23(31)16-35-26-24-22(37-28(26)29(32)33-2)15-20-14-21(17-36-27(20)24)30-25(18-10-6-4-7-11-18)19-12-8-5-9-13-19/h14-15,17-19,25,30H,3-13,16H2,1-2H3. The second-order valence-electron chi connectivity index (χ2n) is 10.3. The average molecular weight is 544 g/mol. The number of rotatable bonds is 9.